The van der Waals surface area contributed by atoms with Gasteiger partial charge in [-0.3, -0.25) is 4.79 Å². The number of hydrogen-bond acceptors (Lipinski definition) is 4. The van der Waals surface area contributed by atoms with Crippen molar-refractivity contribution < 1.29 is 19.4 Å². The summed E-state index contributed by atoms with van der Waals surface area (Å²) in [6.45, 7) is 2.40. The fraction of sp³-hybridized carbons (Fsp3) is 0.739. The largest absolute Gasteiger partial charge is 0.451 e. The van der Waals surface area contributed by atoms with E-state index in [1.807, 2.05) is 6.08 Å². The Hall–Kier alpha value is -1.42. The molecule has 4 heteroatoms. The fourth-order valence-corrected chi connectivity index (χ4v) is 7.95. The minimum absolute atomic E-state index is 0.0442. The smallest absolute Gasteiger partial charge is 0.331 e. The van der Waals surface area contributed by atoms with Gasteiger partial charge in [-0.1, -0.05) is 12.5 Å². The first-order valence-electron chi connectivity index (χ1n) is 10.8. The first-order chi connectivity index (χ1) is 13.0. The van der Waals surface area contributed by atoms with Crippen LogP contribution in [0.15, 0.2) is 23.8 Å². The summed E-state index contributed by atoms with van der Waals surface area (Å²) in [6, 6.07) is 0. The molecule has 1 spiro atoms. The van der Waals surface area contributed by atoms with Crippen molar-refractivity contribution in [2.45, 2.75) is 63.9 Å². The van der Waals surface area contributed by atoms with E-state index in [9.17, 15) is 14.7 Å². The molecule has 5 rings (SSSR count). The number of rotatable bonds is 2. The Labute approximate surface area is 161 Å². The second kappa shape index (κ2) is 6.04. The highest BCUT2D eigenvalue weighted by Crippen LogP contribution is 2.68. The van der Waals surface area contributed by atoms with Crippen molar-refractivity contribution in [2.24, 2.45) is 35.0 Å². The molecule has 146 valence electrons. The molecule has 4 nitrogen and oxygen atoms in total. The van der Waals surface area contributed by atoms with E-state index < -0.39 is 5.60 Å². The van der Waals surface area contributed by atoms with Crippen LogP contribution in [0.3, 0.4) is 0 Å². The molecule has 0 aromatic heterocycles. The Balaban J connectivity index is 1.52. The van der Waals surface area contributed by atoms with Crippen LogP contribution in [0.5, 0.6) is 0 Å². The van der Waals surface area contributed by atoms with Gasteiger partial charge in [0.25, 0.3) is 0 Å². The van der Waals surface area contributed by atoms with Gasteiger partial charge in [-0.05, 0) is 80.8 Å². The summed E-state index contributed by atoms with van der Waals surface area (Å²) < 4.78 is 5.97. The molecule has 4 aliphatic carbocycles. The molecule has 3 unspecified atom stereocenters. The molecule has 0 radical (unpaired) electrons. The summed E-state index contributed by atoms with van der Waals surface area (Å²) in [5.74, 6) is 2.38. The van der Waals surface area contributed by atoms with E-state index in [2.05, 4.69) is 13.0 Å². The lowest BCUT2D eigenvalue weighted by molar-refractivity contribution is -0.165. The SMILES string of the molecule is CC[C@]12CCC3C(C[C@@H](CO)C4=CC(=O)CC[C@@H]43)C1CC[C@@]21C=CC(=O)O1. The van der Waals surface area contributed by atoms with Crippen LogP contribution >= 0.6 is 0 Å². The van der Waals surface area contributed by atoms with Gasteiger partial charge in [0.2, 0.25) is 0 Å². The predicted octanol–water partition coefficient (Wildman–Crippen LogP) is 3.59. The molecule has 0 aromatic rings. The summed E-state index contributed by atoms with van der Waals surface area (Å²) in [5, 5.41) is 10.1. The maximum Gasteiger partial charge on any atom is 0.331 e. The van der Waals surface area contributed by atoms with Crippen LogP contribution in [0.4, 0.5) is 0 Å². The third-order valence-corrected chi connectivity index (χ3v) is 8.99. The zero-order valence-electron chi connectivity index (χ0n) is 16.2. The van der Waals surface area contributed by atoms with Gasteiger partial charge in [0.15, 0.2) is 5.78 Å². The molecule has 0 bridgehead atoms. The second-order valence-corrected chi connectivity index (χ2v) is 9.54. The van der Waals surface area contributed by atoms with E-state index in [0.29, 0.717) is 30.1 Å². The van der Waals surface area contributed by atoms with E-state index in [0.717, 1.165) is 44.9 Å². The first-order valence-corrected chi connectivity index (χ1v) is 10.8. The fourth-order valence-electron chi connectivity index (χ4n) is 7.95. The monoisotopic (exact) mass is 370 g/mol. The normalized spacial score (nSPS) is 48.1. The summed E-state index contributed by atoms with van der Waals surface area (Å²) >= 11 is 0. The van der Waals surface area contributed by atoms with Gasteiger partial charge in [0, 0.05) is 30.4 Å². The summed E-state index contributed by atoms with van der Waals surface area (Å²) in [4.78, 5) is 24.0. The standard InChI is InChI=1S/C23H30O4/c1-2-22-8-5-17-16-4-3-15(25)12-18(16)14(13-24)11-19(17)20(22)6-9-23(22)10-7-21(26)27-23/h7,10,12,14,16-17,19-20,24H,2-6,8-9,11,13H2,1H3/t14-,16+,17?,19?,20?,22-,23+/m0/s1. The Morgan fingerprint density at radius 1 is 1.19 bits per heavy atom. The minimum atomic E-state index is -0.401. The molecule has 0 amide bonds. The quantitative estimate of drug-likeness (QED) is 0.755. The van der Waals surface area contributed by atoms with Crippen LogP contribution < -0.4 is 0 Å². The highest BCUT2D eigenvalue weighted by molar-refractivity contribution is 5.91. The zero-order valence-corrected chi connectivity index (χ0v) is 16.2. The highest BCUT2D eigenvalue weighted by atomic mass is 16.6. The van der Waals surface area contributed by atoms with Gasteiger partial charge in [-0.2, -0.15) is 0 Å². The van der Waals surface area contributed by atoms with Crippen LogP contribution in [-0.2, 0) is 14.3 Å². The Morgan fingerprint density at radius 2 is 2.04 bits per heavy atom. The van der Waals surface area contributed by atoms with E-state index >= 15 is 0 Å². The number of aliphatic hydroxyl groups is 1. The van der Waals surface area contributed by atoms with Crippen LogP contribution in [-0.4, -0.2) is 29.1 Å². The number of aliphatic hydroxyl groups excluding tert-OH is 1. The van der Waals surface area contributed by atoms with E-state index in [4.69, 9.17) is 4.74 Å². The maximum absolute atomic E-state index is 12.0. The number of carbonyl (C=O) groups excluding carboxylic acids is 2. The molecule has 27 heavy (non-hydrogen) atoms. The van der Waals surface area contributed by atoms with Crippen molar-refractivity contribution in [1.29, 1.82) is 0 Å². The Bertz CT molecular complexity index is 737. The van der Waals surface area contributed by atoms with E-state index in [1.165, 1.54) is 5.57 Å². The zero-order chi connectivity index (χ0) is 18.8. The number of fused-ring (bicyclic) bond motifs is 6. The van der Waals surface area contributed by atoms with Crippen molar-refractivity contribution in [3.63, 3.8) is 0 Å². The second-order valence-electron chi connectivity index (χ2n) is 9.54. The van der Waals surface area contributed by atoms with Crippen molar-refractivity contribution in [3.8, 4) is 0 Å². The summed E-state index contributed by atoms with van der Waals surface area (Å²) in [6.07, 6.45) is 13.5. The lowest BCUT2D eigenvalue weighted by Gasteiger charge is -2.57. The number of ketones is 1. The lowest BCUT2D eigenvalue weighted by Crippen LogP contribution is -2.54. The predicted molar refractivity (Wildman–Crippen MR) is 101 cm³/mol. The number of esters is 1. The van der Waals surface area contributed by atoms with E-state index in [-0.39, 0.29) is 29.7 Å². The van der Waals surface area contributed by atoms with Crippen molar-refractivity contribution >= 4 is 11.8 Å². The molecule has 1 N–H and O–H groups in total. The average Bonchev–Trinajstić information content (AvgIpc) is 3.22. The van der Waals surface area contributed by atoms with Crippen LogP contribution in [0.2, 0.25) is 0 Å². The third-order valence-electron chi connectivity index (χ3n) is 8.99. The van der Waals surface area contributed by atoms with Crippen LogP contribution in [0, 0.1) is 35.0 Å². The average molecular weight is 370 g/mol. The van der Waals surface area contributed by atoms with E-state index in [1.54, 1.807) is 6.08 Å². The summed E-state index contributed by atoms with van der Waals surface area (Å²) in [7, 11) is 0. The molecule has 3 saturated carbocycles. The molecule has 0 aromatic carbocycles. The van der Waals surface area contributed by atoms with Crippen LogP contribution in [0.1, 0.15) is 58.3 Å². The summed E-state index contributed by atoms with van der Waals surface area (Å²) in [5.41, 5.74) is 0.878. The number of carbonyl (C=O) groups is 2. The molecule has 1 aliphatic heterocycles. The van der Waals surface area contributed by atoms with Crippen molar-refractivity contribution in [2.75, 3.05) is 6.61 Å². The van der Waals surface area contributed by atoms with Crippen LogP contribution in [0.25, 0.3) is 0 Å². The van der Waals surface area contributed by atoms with Gasteiger partial charge < -0.3 is 9.84 Å². The third kappa shape index (κ3) is 2.25. The Kier molecular flexibility index (Phi) is 3.95. The first kappa shape index (κ1) is 17.7. The van der Waals surface area contributed by atoms with Crippen molar-refractivity contribution in [1.82, 2.24) is 0 Å². The molecule has 0 saturated heterocycles. The molecule has 3 fully saturated rings. The number of ether oxygens (including phenoxy) is 1. The molecule has 1 heterocycles. The van der Waals surface area contributed by atoms with Gasteiger partial charge >= 0.3 is 5.97 Å². The van der Waals surface area contributed by atoms with Gasteiger partial charge in [-0.15, -0.1) is 0 Å². The Morgan fingerprint density at radius 3 is 2.74 bits per heavy atom. The molecular weight excluding hydrogens is 340 g/mol. The minimum Gasteiger partial charge on any atom is -0.451 e. The highest BCUT2D eigenvalue weighted by Gasteiger charge is 2.66. The molecule has 5 aliphatic rings. The molecule has 7 atom stereocenters. The topological polar surface area (TPSA) is 63.6 Å². The lowest BCUT2D eigenvalue weighted by atomic mass is 9.48. The van der Waals surface area contributed by atoms with Crippen molar-refractivity contribution in [3.05, 3.63) is 23.8 Å². The van der Waals surface area contributed by atoms with Gasteiger partial charge in [0.1, 0.15) is 5.60 Å². The number of hydrogen-bond donors (Lipinski definition) is 1. The van der Waals surface area contributed by atoms with Gasteiger partial charge in [0.05, 0.1) is 0 Å². The molecular formula is C23H30O4. The van der Waals surface area contributed by atoms with Gasteiger partial charge in [-0.25, -0.2) is 4.79 Å². The maximum atomic E-state index is 12.0.